The number of carbonyl (C=O) groups is 1. The highest BCUT2D eigenvalue weighted by Crippen LogP contribution is 2.13. The van der Waals surface area contributed by atoms with Gasteiger partial charge in [-0.25, -0.2) is 0 Å². The number of nitrogens with zero attached hydrogens (tertiary/aromatic N) is 1. The molecule has 124 valence electrons. The Bertz CT molecular complexity index is 714. The summed E-state index contributed by atoms with van der Waals surface area (Å²) in [6.07, 6.45) is 2.88. The summed E-state index contributed by atoms with van der Waals surface area (Å²) in [6.45, 7) is 1.30. The smallest absolute Gasteiger partial charge is 0.270 e. The second-order valence-electron chi connectivity index (χ2n) is 5.01. The monoisotopic (exact) mass is 326 g/mol. The molecule has 0 heterocycles. The molecule has 0 aliphatic carbocycles. The molecular weight excluding hydrogens is 308 g/mol. The summed E-state index contributed by atoms with van der Waals surface area (Å²) in [5.41, 5.74) is 1.67. The molecule has 0 fully saturated rings. The van der Waals surface area contributed by atoms with Gasteiger partial charge in [-0.05, 0) is 17.2 Å². The van der Waals surface area contributed by atoms with Crippen molar-refractivity contribution in [3.05, 3.63) is 81.9 Å². The van der Waals surface area contributed by atoms with Crippen LogP contribution in [0.3, 0.4) is 0 Å². The normalized spacial score (nSPS) is 10.7. The van der Waals surface area contributed by atoms with E-state index in [1.807, 2.05) is 30.3 Å². The zero-order chi connectivity index (χ0) is 17.2. The van der Waals surface area contributed by atoms with Crippen LogP contribution in [0, 0.1) is 10.1 Å². The van der Waals surface area contributed by atoms with Gasteiger partial charge in [-0.3, -0.25) is 14.9 Å². The SMILES string of the molecule is O=C(/C=C/c1cccc([N+](=O)[O-])c1)NCCOCc1ccccc1. The molecule has 6 nitrogen and oxygen atoms in total. The average Bonchev–Trinajstić information content (AvgIpc) is 2.61. The Morgan fingerprint density at radius 3 is 2.71 bits per heavy atom. The highest BCUT2D eigenvalue weighted by Gasteiger charge is 2.04. The third-order valence-corrected chi connectivity index (χ3v) is 3.17. The van der Waals surface area contributed by atoms with Crippen molar-refractivity contribution < 1.29 is 14.5 Å². The number of non-ortho nitro benzene ring substituents is 1. The van der Waals surface area contributed by atoms with Crippen LogP contribution >= 0.6 is 0 Å². The highest BCUT2D eigenvalue weighted by molar-refractivity contribution is 5.91. The number of carbonyl (C=O) groups excluding carboxylic acids is 1. The maximum absolute atomic E-state index is 11.7. The second-order valence-corrected chi connectivity index (χ2v) is 5.01. The number of rotatable bonds is 8. The first kappa shape index (κ1) is 17.4. The molecule has 0 spiro atoms. The Labute approximate surface area is 139 Å². The predicted octanol–water partition coefficient (Wildman–Crippen LogP) is 2.94. The van der Waals surface area contributed by atoms with Crippen molar-refractivity contribution in [2.24, 2.45) is 0 Å². The van der Waals surface area contributed by atoms with Crippen LogP contribution in [0.2, 0.25) is 0 Å². The molecule has 0 saturated carbocycles. The number of ether oxygens (including phenoxy) is 1. The van der Waals surface area contributed by atoms with Gasteiger partial charge in [0.15, 0.2) is 0 Å². The van der Waals surface area contributed by atoms with Crippen molar-refractivity contribution in [3.63, 3.8) is 0 Å². The van der Waals surface area contributed by atoms with E-state index in [9.17, 15) is 14.9 Å². The number of benzene rings is 2. The van der Waals surface area contributed by atoms with Gasteiger partial charge in [0, 0.05) is 24.8 Å². The quantitative estimate of drug-likeness (QED) is 0.350. The number of nitrogens with one attached hydrogen (secondary N) is 1. The number of hydrogen-bond acceptors (Lipinski definition) is 4. The standard InChI is InChI=1S/C18H18N2O4/c21-18(10-9-15-7-4-8-17(13-15)20(22)23)19-11-12-24-14-16-5-2-1-3-6-16/h1-10,13H,11-12,14H2,(H,19,21)/b10-9+. The average molecular weight is 326 g/mol. The van der Waals surface area contributed by atoms with Crippen LogP contribution in [0.1, 0.15) is 11.1 Å². The summed E-state index contributed by atoms with van der Waals surface area (Å²) in [5, 5.41) is 13.4. The fourth-order valence-electron chi connectivity index (χ4n) is 1.98. The maximum Gasteiger partial charge on any atom is 0.270 e. The van der Waals surface area contributed by atoms with Crippen molar-refractivity contribution >= 4 is 17.7 Å². The van der Waals surface area contributed by atoms with Gasteiger partial charge in [0.25, 0.3) is 5.69 Å². The molecule has 0 saturated heterocycles. The van der Waals surface area contributed by atoms with Gasteiger partial charge in [0.05, 0.1) is 18.1 Å². The summed E-state index contributed by atoms with van der Waals surface area (Å²) in [4.78, 5) is 21.9. The molecule has 0 radical (unpaired) electrons. The second kappa shape index (κ2) is 9.22. The molecule has 24 heavy (non-hydrogen) atoms. The molecule has 2 aromatic rings. The van der Waals surface area contributed by atoms with Gasteiger partial charge in [0.2, 0.25) is 5.91 Å². The molecule has 0 unspecified atom stereocenters. The van der Waals surface area contributed by atoms with Crippen molar-refractivity contribution in [1.82, 2.24) is 5.32 Å². The third kappa shape index (κ3) is 6.02. The van der Waals surface area contributed by atoms with Crippen molar-refractivity contribution in [2.75, 3.05) is 13.2 Å². The van der Waals surface area contributed by atoms with Gasteiger partial charge in [-0.1, -0.05) is 42.5 Å². The summed E-state index contributed by atoms with van der Waals surface area (Å²) in [5.74, 6) is -0.273. The fraction of sp³-hybridized carbons (Fsp3) is 0.167. The van der Waals surface area contributed by atoms with Crippen LogP contribution in [0.15, 0.2) is 60.7 Å². The van der Waals surface area contributed by atoms with Crippen LogP contribution in [-0.2, 0) is 16.1 Å². The van der Waals surface area contributed by atoms with Crippen molar-refractivity contribution in [1.29, 1.82) is 0 Å². The Kier molecular flexibility index (Phi) is 6.67. The van der Waals surface area contributed by atoms with Gasteiger partial charge < -0.3 is 10.1 Å². The van der Waals surface area contributed by atoms with E-state index in [1.54, 1.807) is 12.1 Å². The van der Waals surface area contributed by atoms with Crippen LogP contribution in [0.4, 0.5) is 5.69 Å². The lowest BCUT2D eigenvalue weighted by molar-refractivity contribution is -0.384. The van der Waals surface area contributed by atoms with Gasteiger partial charge >= 0.3 is 0 Å². The lowest BCUT2D eigenvalue weighted by Crippen LogP contribution is -2.25. The van der Waals surface area contributed by atoms with Crippen LogP contribution in [-0.4, -0.2) is 24.0 Å². The minimum Gasteiger partial charge on any atom is -0.375 e. The fourth-order valence-corrected chi connectivity index (χ4v) is 1.98. The molecule has 1 N–H and O–H groups in total. The summed E-state index contributed by atoms with van der Waals surface area (Å²) in [7, 11) is 0. The summed E-state index contributed by atoms with van der Waals surface area (Å²) in [6, 6.07) is 15.9. The van der Waals surface area contributed by atoms with Crippen LogP contribution in [0.5, 0.6) is 0 Å². The topological polar surface area (TPSA) is 81.5 Å². The zero-order valence-corrected chi connectivity index (χ0v) is 13.1. The Morgan fingerprint density at radius 1 is 1.17 bits per heavy atom. The van der Waals surface area contributed by atoms with E-state index in [0.29, 0.717) is 25.3 Å². The summed E-state index contributed by atoms with van der Waals surface area (Å²) >= 11 is 0. The predicted molar refractivity (Wildman–Crippen MR) is 91.2 cm³/mol. The largest absolute Gasteiger partial charge is 0.375 e. The summed E-state index contributed by atoms with van der Waals surface area (Å²) < 4.78 is 5.46. The molecule has 0 atom stereocenters. The van der Waals surface area contributed by atoms with Crippen molar-refractivity contribution in [2.45, 2.75) is 6.61 Å². The van der Waals surface area contributed by atoms with E-state index in [1.165, 1.54) is 24.3 Å². The van der Waals surface area contributed by atoms with E-state index in [4.69, 9.17) is 4.74 Å². The molecule has 0 aliphatic rings. The molecule has 1 amide bonds. The first-order chi connectivity index (χ1) is 11.6. The zero-order valence-electron chi connectivity index (χ0n) is 13.1. The van der Waals surface area contributed by atoms with Crippen LogP contribution in [0.25, 0.3) is 6.08 Å². The Morgan fingerprint density at radius 2 is 1.96 bits per heavy atom. The molecule has 0 aliphatic heterocycles. The number of hydrogen-bond donors (Lipinski definition) is 1. The van der Waals surface area contributed by atoms with E-state index < -0.39 is 4.92 Å². The third-order valence-electron chi connectivity index (χ3n) is 3.17. The van der Waals surface area contributed by atoms with Crippen LogP contribution < -0.4 is 5.32 Å². The first-order valence-corrected chi connectivity index (χ1v) is 7.47. The first-order valence-electron chi connectivity index (χ1n) is 7.47. The molecular formula is C18H18N2O4. The number of amides is 1. The molecule has 6 heteroatoms. The van der Waals surface area contributed by atoms with Crippen molar-refractivity contribution in [3.8, 4) is 0 Å². The lowest BCUT2D eigenvalue weighted by atomic mass is 10.2. The molecule has 0 bridgehead atoms. The molecule has 2 rings (SSSR count). The number of nitro benzene ring substituents is 1. The van der Waals surface area contributed by atoms with Gasteiger partial charge in [-0.15, -0.1) is 0 Å². The van der Waals surface area contributed by atoms with Gasteiger partial charge in [-0.2, -0.15) is 0 Å². The lowest BCUT2D eigenvalue weighted by Gasteiger charge is -2.05. The molecule has 2 aromatic carbocycles. The minimum atomic E-state index is -0.471. The number of nitro groups is 1. The van der Waals surface area contributed by atoms with E-state index in [0.717, 1.165) is 5.56 Å². The van der Waals surface area contributed by atoms with E-state index in [2.05, 4.69) is 5.32 Å². The highest BCUT2D eigenvalue weighted by atomic mass is 16.6. The Hall–Kier alpha value is -2.99. The molecule has 0 aromatic heterocycles. The Balaban J connectivity index is 1.69. The minimum absolute atomic E-state index is 0.00753. The van der Waals surface area contributed by atoms with E-state index in [-0.39, 0.29) is 11.6 Å². The maximum atomic E-state index is 11.7. The van der Waals surface area contributed by atoms with E-state index >= 15 is 0 Å². The van der Waals surface area contributed by atoms with Gasteiger partial charge in [0.1, 0.15) is 0 Å².